The first-order chi connectivity index (χ1) is 33.6. The van der Waals surface area contributed by atoms with Gasteiger partial charge in [-0.1, -0.05) is 55.3 Å². The molecule has 0 radical (unpaired) electrons. The molecule has 1 fully saturated rings. The van der Waals surface area contributed by atoms with E-state index in [-0.39, 0.29) is 74.3 Å². The Kier molecular flexibility index (Phi) is 17.8. The van der Waals surface area contributed by atoms with Gasteiger partial charge >= 0.3 is 6.09 Å². The minimum absolute atomic E-state index is 0.00118. The SMILES string of the molecule is C=CCO[C@@]12Oc3ccc(OCCSc4ccccc4)cc3[C@H]3[C@H](CCCCO)[C@@H](CCCCO)C=C(C(=NOCc4ccc([N+](=O)[O-])cc4)C[C@@H]1N(CCC)C(=O)Oc1ccc([N+](=O)[O-])cc1)[C@H]32. The second-order valence-corrected chi connectivity index (χ2v) is 18.5. The van der Waals surface area contributed by atoms with Crippen LogP contribution in [0.15, 0.2) is 131 Å². The molecular weight excluding hydrogens is 905 g/mol. The van der Waals surface area contributed by atoms with Gasteiger partial charge in [0.1, 0.15) is 29.9 Å². The van der Waals surface area contributed by atoms with Gasteiger partial charge in [-0.05, 0) is 110 Å². The van der Waals surface area contributed by atoms with Crippen LogP contribution in [0.1, 0.15) is 75.3 Å². The first-order valence-corrected chi connectivity index (χ1v) is 24.6. The number of hydrogen-bond acceptors (Lipinski definition) is 14. The zero-order valence-electron chi connectivity index (χ0n) is 38.8. The molecular formula is C52H60N4O12S. The van der Waals surface area contributed by atoms with E-state index in [4.69, 9.17) is 28.9 Å². The van der Waals surface area contributed by atoms with E-state index in [9.17, 15) is 35.2 Å². The molecule has 0 saturated heterocycles. The molecule has 0 unspecified atom stereocenters. The van der Waals surface area contributed by atoms with Gasteiger partial charge in [0, 0.05) is 72.6 Å². The van der Waals surface area contributed by atoms with Crippen LogP contribution in [-0.2, 0) is 16.2 Å². The van der Waals surface area contributed by atoms with E-state index in [0.717, 1.165) is 47.5 Å². The van der Waals surface area contributed by atoms with Crippen molar-refractivity contribution in [1.29, 1.82) is 0 Å². The molecule has 7 rings (SSSR count). The Bertz CT molecular complexity index is 2440. The first-order valence-electron chi connectivity index (χ1n) is 23.6. The lowest BCUT2D eigenvalue weighted by atomic mass is 9.55. The number of thioether (sulfide) groups is 1. The predicted molar refractivity (Wildman–Crippen MR) is 262 cm³/mol. The predicted octanol–water partition coefficient (Wildman–Crippen LogP) is 10.4. The van der Waals surface area contributed by atoms with Crippen molar-refractivity contribution in [2.24, 2.45) is 22.9 Å². The quantitative estimate of drug-likeness (QED) is 0.0209. The molecule has 4 aromatic carbocycles. The van der Waals surface area contributed by atoms with Crippen molar-refractivity contribution in [3.8, 4) is 17.2 Å². The molecule has 2 N–H and O–H groups in total. The van der Waals surface area contributed by atoms with Gasteiger partial charge in [0.2, 0.25) is 5.79 Å². The molecule has 1 saturated carbocycles. The van der Waals surface area contributed by atoms with Gasteiger partial charge in [-0.25, -0.2) is 4.79 Å². The van der Waals surface area contributed by atoms with Gasteiger partial charge in [-0.2, -0.15) is 0 Å². The number of amides is 1. The maximum Gasteiger partial charge on any atom is 0.415 e. The summed E-state index contributed by atoms with van der Waals surface area (Å²) in [6, 6.07) is 26.4. The summed E-state index contributed by atoms with van der Waals surface area (Å²) in [4.78, 5) is 45.5. The third kappa shape index (κ3) is 12.1. The summed E-state index contributed by atoms with van der Waals surface area (Å²) in [5.74, 6) is -0.460. The molecule has 69 heavy (non-hydrogen) atoms. The van der Waals surface area contributed by atoms with Crippen molar-refractivity contribution in [3.05, 3.63) is 153 Å². The van der Waals surface area contributed by atoms with Crippen molar-refractivity contribution >= 4 is 34.9 Å². The van der Waals surface area contributed by atoms with Crippen LogP contribution in [-0.4, -0.2) is 87.3 Å². The normalized spacial score (nSPS) is 21.8. The Morgan fingerprint density at radius 1 is 0.928 bits per heavy atom. The van der Waals surface area contributed by atoms with E-state index in [1.807, 2.05) is 37.3 Å². The molecule has 17 heteroatoms. The van der Waals surface area contributed by atoms with Gasteiger partial charge < -0.3 is 34.0 Å². The summed E-state index contributed by atoms with van der Waals surface area (Å²) in [5.41, 5.74) is 2.74. The zero-order chi connectivity index (χ0) is 48.8. The van der Waals surface area contributed by atoms with Crippen molar-refractivity contribution in [2.75, 3.05) is 38.7 Å². The number of benzene rings is 4. The number of nitro groups is 2. The third-order valence-corrected chi connectivity index (χ3v) is 13.9. The number of allylic oxidation sites excluding steroid dienone is 1. The average molecular weight is 965 g/mol. The number of hydrogen-bond donors (Lipinski definition) is 2. The lowest BCUT2D eigenvalue weighted by Gasteiger charge is -2.59. The summed E-state index contributed by atoms with van der Waals surface area (Å²) < 4.78 is 26.8. The van der Waals surface area contributed by atoms with Gasteiger partial charge in [-0.3, -0.25) is 25.1 Å². The number of aliphatic hydroxyl groups excluding tert-OH is 2. The second kappa shape index (κ2) is 24.3. The Morgan fingerprint density at radius 3 is 2.28 bits per heavy atom. The smallest absolute Gasteiger partial charge is 0.415 e. The zero-order valence-corrected chi connectivity index (χ0v) is 39.6. The van der Waals surface area contributed by atoms with Crippen LogP contribution in [0.4, 0.5) is 16.2 Å². The van der Waals surface area contributed by atoms with Gasteiger partial charge in [0.25, 0.3) is 11.4 Å². The molecule has 1 aliphatic heterocycles. The minimum Gasteiger partial charge on any atom is -0.493 e. The highest BCUT2D eigenvalue weighted by molar-refractivity contribution is 7.99. The Labute approximate surface area is 406 Å². The number of carbonyl (C=O) groups is 1. The highest BCUT2D eigenvalue weighted by Crippen LogP contribution is 2.62. The van der Waals surface area contributed by atoms with E-state index in [0.29, 0.717) is 48.6 Å². The summed E-state index contributed by atoms with van der Waals surface area (Å²) in [5, 5.41) is 47.7. The maximum atomic E-state index is 14.7. The maximum absolute atomic E-state index is 14.7. The second-order valence-electron chi connectivity index (χ2n) is 17.3. The largest absolute Gasteiger partial charge is 0.493 e. The molecule has 3 aliphatic rings. The molecule has 1 amide bonds. The van der Waals surface area contributed by atoms with Crippen LogP contribution < -0.4 is 14.2 Å². The Morgan fingerprint density at radius 2 is 1.61 bits per heavy atom. The summed E-state index contributed by atoms with van der Waals surface area (Å²) in [6.45, 7) is 6.74. The standard InChI is InChI=1S/C52H60N4O12S/c1-3-26-54(51(59)67-40-22-20-39(21-23-40)56(62)63)48-34-46(53-66-35-36-16-18-38(19-17-36)55(60)61)44-32-37(12-8-10-27-57)43(15-9-11-28-58)49-45-33-41(64-30-31-69-42-13-6-5-7-14-42)24-25-47(45)68-52(48,50(44)49)65-29-4-2/h4-7,13-14,16-25,32-33,37,43,48-50,57-58H,2-3,8-12,15,26-31,34-35H2,1H3/t37-,43+,48-,49+,50+,52+/m0/s1. The highest BCUT2D eigenvalue weighted by Gasteiger charge is 2.65. The van der Waals surface area contributed by atoms with Crippen molar-refractivity contribution < 1.29 is 48.6 Å². The summed E-state index contributed by atoms with van der Waals surface area (Å²) in [6.07, 6.45) is 7.97. The van der Waals surface area contributed by atoms with Crippen molar-refractivity contribution in [3.63, 3.8) is 0 Å². The lowest BCUT2D eigenvalue weighted by molar-refractivity contribution is -0.385. The van der Waals surface area contributed by atoms with Crippen LogP contribution in [0.2, 0.25) is 0 Å². The monoisotopic (exact) mass is 964 g/mol. The van der Waals surface area contributed by atoms with Crippen molar-refractivity contribution in [1.82, 2.24) is 4.90 Å². The van der Waals surface area contributed by atoms with E-state index in [2.05, 4.69) is 30.9 Å². The molecule has 0 spiro atoms. The van der Waals surface area contributed by atoms with E-state index in [1.165, 1.54) is 36.4 Å². The summed E-state index contributed by atoms with van der Waals surface area (Å²) in [7, 11) is 0. The van der Waals surface area contributed by atoms with Gasteiger partial charge in [0.15, 0.2) is 0 Å². The number of aliphatic hydroxyl groups is 2. The fourth-order valence-corrected chi connectivity index (χ4v) is 10.6. The molecule has 4 aromatic rings. The number of non-ortho nitro benzene ring substituents is 2. The molecule has 2 aliphatic carbocycles. The van der Waals surface area contributed by atoms with E-state index in [1.54, 1.807) is 34.9 Å². The lowest BCUT2D eigenvalue weighted by Crippen LogP contribution is -2.70. The van der Waals surface area contributed by atoms with Crippen LogP contribution >= 0.6 is 11.8 Å². The van der Waals surface area contributed by atoms with Crippen LogP contribution in [0.25, 0.3) is 0 Å². The molecule has 0 aromatic heterocycles. The molecule has 1 heterocycles. The number of carbonyl (C=O) groups excluding carboxylic acids is 1. The number of rotatable bonds is 25. The van der Waals surface area contributed by atoms with Gasteiger partial charge in [0.05, 0.1) is 34.7 Å². The molecule has 366 valence electrons. The topological polar surface area (TPSA) is 206 Å². The number of fused-ring (bicyclic) bond motifs is 2. The fourth-order valence-electron chi connectivity index (χ4n) is 9.88. The van der Waals surface area contributed by atoms with E-state index < -0.39 is 33.7 Å². The number of nitrogens with zero attached hydrogens (tertiary/aromatic N) is 4. The number of unbranched alkanes of at least 4 members (excludes halogenated alkanes) is 2. The number of ether oxygens (including phenoxy) is 4. The molecule has 6 atom stereocenters. The minimum atomic E-state index is -1.56. The van der Waals surface area contributed by atoms with Gasteiger partial charge in [-0.15, -0.1) is 18.3 Å². The number of oxime groups is 1. The van der Waals surface area contributed by atoms with Crippen LogP contribution in [0, 0.1) is 38.0 Å². The van der Waals surface area contributed by atoms with Crippen LogP contribution in [0.5, 0.6) is 17.2 Å². The third-order valence-electron chi connectivity index (χ3n) is 12.9. The Hall–Kier alpha value is -6.27. The fraction of sp³-hybridized carbons (Fsp3) is 0.423. The number of nitro benzene ring substituents is 2. The summed E-state index contributed by atoms with van der Waals surface area (Å²) >= 11 is 1.70. The first kappa shape index (κ1) is 50.6. The Balaban J connectivity index is 1.37. The molecule has 0 bridgehead atoms. The van der Waals surface area contributed by atoms with E-state index >= 15 is 0 Å². The van der Waals surface area contributed by atoms with Crippen LogP contribution in [0.3, 0.4) is 0 Å². The highest BCUT2D eigenvalue weighted by atomic mass is 32.2. The van der Waals surface area contributed by atoms with Crippen molar-refractivity contribution in [2.45, 2.75) is 87.5 Å². The molecule has 16 nitrogen and oxygen atoms in total. The average Bonchev–Trinajstić information content (AvgIpc) is 3.36.